The van der Waals surface area contributed by atoms with Crippen LogP contribution in [0.3, 0.4) is 0 Å². The predicted molar refractivity (Wildman–Crippen MR) is 198 cm³/mol. The van der Waals surface area contributed by atoms with E-state index in [0.29, 0.717) is 24.8 Å². The minimum Gasteiger partial charge on any atom is -0.481 e. The van der Waals surface area contributed by atoms with Gasteiger partial charge in [0.15, 0.2) is 5.78 Å². The fourth-order valence-corrected chi connectivity index (χ4v) is 13.8. The number of carboxylic acids is 1. The number of ketones is 1. The van der Waals surface area contributed by atoms with Gasteiger partial charge < -0.3 is 19.7 Å². The SMILES string of the molecule is CC1CN(C[C@@H](O)[C@@]23CC[C@]4(C)[C@H](CCC5[C@@]6(C)CC[C@H](OC(=O)CC(C)(C)C(=O)O)C(C)(C)C6CC[C@]54C)C2=C(C(C)C)C(=O)C3)CC(C)O1. The molecule has 6 rings (SSSR count). The second-order valence-corrected chi connectivity index (χ2v) is 20.5. The van der Waals surface area contributed by atoms with Crippen LogP contribution in [0.1, 0.15) is 140 Å². The molecule has 0 aromatic heterocycles. The van der Waals surface area contributed by atoms with Crippen LogP contribution in [0.4, 0.5) is 0 Å². The van der Waals surface area contributed by atoms with Gasteiger partial charge >= 0.3 is 11.9 Å². The minimum atomic E-state index is -1.16. The molecule has 6 aliphatic rings. The van der Waals surface area contributed by atoms with Crippen molar-refractivity contribution in [3.8, 4) is 0 Å². The first-order valence-corrected chi connectivity index (χ1v) is 20.3. The number of carbonyl (C=O) groups is 3. The van der Waals surface area contributed by atoms with E-state index in [1.165, 1.54) is 5.57 Å². The molecule has 4 saturated carbocycles. The zero-order valence-electron chi connectivity index (χ0n) is 33.7. The van der Waals surface area contributed by atoms with Gasteiger partial charge in [-0.3, -0.25) is 19.3 Å². The number of hydrogen-bond acceptors (Lipinski definition) is 7. The number of aliphatic carboxylic acids is 1. The lowest BCUT2D eigenvalue weighted by Crippen LogP contribution is -2.66. The number of hydrogen-bond donors (Lipinski definition) is 2. The Kier molecular flexibility index (Phi) is 9.87. The lowest BCUT2D eigenvalue weighted by molar-refractivity contribution is -0.235. The third-order valence-electron chi connectivity index (χ3n) is 16.4. The number of ether oxygens (including phenoxy) is 2. The average Bonchev–Trinajstić information content (AvgIpc) is 3.31. The Morgan fingerprint density at radius 3 is 2.18 bits per heavy atom. The number of fused-ring (bicyclic) bond motifs is 7. The molecule has 288 valence electrons. The highest BCUT2D eigenvalue weighted by atomic mass is 16.5. The van der Waals surface area contributed by atoms with E-state index in [2.05, 4.69) is 67.2 Å². The van der Waals surface area contributed by atoms with E-state index in [4.69, 9.17) is 9.47 Å². The highest BCUT2D eigenvalue weighted by Gasteiger charge is 2.71. The van der Waals surface area contributed by atoms with E-state index in [0.717, 1.165) is 70.0 Å². The lowest BCUT2D eigenvalue weighted by atomic mass is 9.33. The number of carbonyl (C=O) groups excluding carboxylic acids is 2. The van der Waals surface area contributed by atoms with Gasteiger partial charge in [0.05, 0.1) is 30.1 Å². The lowest BCUT2D eigenvalue weighted by Gasteiger charge is -2.72. The fraction of sp³-hybridized carbons (Fsp3) is 0.884. The maximum absolute atomic E-state index is 14.1. The van der Waals surface area contributed by atoms with E-state index >= 15 is 0 Å². The number of rotatable bonds is 8. The third kappa shape index (κ3) is 5.99. The van der Waals surface area contributed by atoms with Gasteiger partial charge in [-0.25, -0.2) is 0 Å². The van der Waals surface area contributed by atoms with Crippen molar-refractivity contribution in [2.24, 2.45) is 56.2 Å². The topological polar surface area (TPSA) is 113 Å². The molecule has 11 atom stereocenters. The standard InChI is InChI=1S/C43H69NO7/c1-25(2)35-29(45)20-43(32(46)24-44-22-26(3)50-27(4)23-44)19-18-41(10)28(36(35)43)12-13-31-40(9)16-15-33(51-34(47)21-38(5,6)37(48)49)39(7,8)30(40)14-17-42(31,41)11/h25-28,30-33,46H,12-24H2,1-11H3,(H,48,49)/t26?,27?,28-,30?,31?,32-,33+,40+,41-,42-,43+/m1/s1. The summed E-state index contributed by atoms with van der Waals surface area (Å²) in [5.74, 6) is 0.145. The molecule has 0 aromatic rings. The molecule has 1 aliphatic heterocycles. The summed E-state index contributed by atoms with van der Waals surface area (Å²) in [7, 11) is 0. The maximum Gasteiger partial charge on any atom is 0.309 e. The van der Waals surface area contributed by atoms with Crippen molar-refractivity contribution < 1.29 is 34.1 Å². The van der Waals surface area contributed by atoms with Gasteiger partial charge in [-0.05, 0) is 125 Å². The van der Waals surface area contributed by atoms with Crippen molar-refractivity contribution in [2.75, 3.05) is 19.6 Å². The van der Waals surface area contributed by atoms with Crippen LogP contribution >= 0.6 is 0 Å². The molecule has 51 heavy (non-hydrogen) atoms. The van der Waals surface area contributed by atoms with Crippen molar-refractivity contribution in [1.82, 2.24) is 4.90 Å². The highest BCUT2D eigenvalue weighted by molar-refractivity contribution is 6.00. The normalized spacial score (nSPS) is 43.2. The van der Waals surface area contributed by atoms with Crippen molar-refractivity contribution in [1.29, 1.82) is 0 Å². The number of morpholine rings is 1. The van der Waals surface area contributed by atoms with Crippen molar-refractivity contribution in [3.05, 3.63) is 11.1 Å². The van der Waals surface area contributed by atoms with Gasteiger partial charge in [-0.15, -0.1) is 0 Å². The first-order chi connectivity index (χ1) is 23.5. The molecule has 8 nitrogen and oxygen atoms in total. The first-order valence-electron chi connectivity index (χ1n) is 20.3. The average molecular weight is 712 g/mol. The van der Waals surface area contributed by atoms with Crippen LogP contribution in [0.2, 0.25) is 0 Å². The summed E-state index contributed by atoms with van der Waals surface area (Å²) in [6.45, 7) is 26.1. The maximum atomic E-state index is 14.1. The molecule has 0 radical (unpaired) electrons. The van der Waals surface area contributed by atoms with Crippen LogP contribution in [-0.2, 0) is 23.9 Å². The summed E-state index contributed by atoms with van der Waals surface area (Å²) in [5, 5.41) is 22.0. The summed E-state index contributed by atoms with van der Waals surface area (Å²) in [6, 6.07) is 0. The Morgan fingerprint density at radius 2 is 1.57 bits per heavy atom. The van der Waals surface area contributed by atoms with Crippen LogP contribution in [0.25, 0.3) is 0 Å². The van der Waals surface area contributed by atoms with E-state index in [9.17, 15) is 24.6 Å². The second-order valence-electron chi connectivity index (χ2n) is 20.5. The number of aliphatic hydroxyl groups is 1. The van der Waals surface area contributed by atoms with Gasteiger partial charge in [0.1, 0.15) is 6.10 Å². The molecule has 5 fully saturated rings. The molecule has 2 N–H and O–H groups in total. The van der Waals surface area contributed by atoms with E-state index in [-0.39, 0.29) is 64.0 Å². The summed E-state index contributed by atoms with van der Waals surface area (Å²) in [5.41, 5.74) is 0.606. The molecule has 0 aromatic carbocycles. The van der Waals surface area contributed by atoms with Gasteiger partial charge in [-0.1, -0.05) is 54.0 Å². The molecule has 4 unspecified atom stereocenters. The summed E-state index contributed by atoms with van der Waals surface area (Å²) >= 11 is 0. The van der Waals surface area contributed by atoms with E-state index in [1.807, 2.05) is 0 Å². The molecule has 0 amide bonds. The molecule has 0 bridgehead atoms. The van der Waals surface area contributed by atoms with Crippen LogP contribution < -0.4 is 0 Å². The van der Waals surface area contributed by atoms with Crippen molar-refractivity contribution in [2.45, 2.75) is 165 Å². The van der Waals surface area contributed by atoms with Crippen molar-refractivity contribution >= 4 is 17.7 Å². The zero-order chi connectivity index (χ0) is 37.7. The van der Waals surface area contributed by atoms with Gasteiger partial charge in [0.25, 0.3) is 0 Å². The van der Waals surface area contributed by atoms with Gasteiger partial charge in [-0.2, -0.15) is 0 Å². The molecular formula is C43H69NO7. The Hall–Kier alpha value is -1.77. The highest BCUT2D eigenvalue weighted by Crippen LogP contribution is 2.77. The summed E-state index contributed by atoms with van der Waals surface area (Å²) in [4.78, 5) is 41.3. The summed E-state index contributed by atoms with van der Waals surface area (Å²) < 4.78 is 12.2. The first kappa shape index (κ1) is 38.9. The number of β-amino-alcohol motifs (C(OH)–C–C–N with tert-alkyl or cyclic N) is 1. The quantitative estimate of drug-likeness (QED) is 0.245. The number of carboxylic acid groups (broad SMARTS) is 1. The summed E-state index contributed by atoms with van der Waals surface area (Å²) in [6.07, 6.45) is 7.69. The van der Waals surface area contributed by atoms with Crippen LogP contribution in [0, 0.1) is 56.2 Å². The molecule has 8 heteroatoms. The molecule has 5 aliphatic carbocycles. The van der Waals surface area contributed by atoms with Crippen LogP contribution in [0.15, 0.2) is 11.1 Å². The van der Waals surface area contributed by atoms with E-state index in [1.54, 1.807) is 13.8 Å². The molecule has 1 saturated heterocycles. The second kappa shape index (κ2) is 12.9. The van der Waals surface area contributed by atoms with Crippen molar-refractivity contribution in [3.63, 3.8) is 0 Å². The molecule has 1 heterocycles. The monoisotopic (exact) mass is 712 g/mol. The Labute approximate surface area is 307 Å². The smallest absolute Gasteiger partial charge is 0.309 e. The number of Topliss-reactive ketones (excluding diaryl/α,β-unsaturated/α-hetero) is 1. The van der Waals surface area contributed by atoms with Crippen LogP contribution in [-0.4, -0.2) is 76.9 Å². The molecule has 0 spiro atoms. The van der Waals surface area contributed by atoms with Gasteiger partial charge in [0, 0.05) is 36.9 Å². The predicted octanol–water partition coefficient (Wildman–Crippen LogP) is 7.85. The van der Waals surface area contributed by atoms with E-state index < -0.39 is 28.9 Å². The Bertz CT molecular complexity index is 1440. The fourth-order valence-electron chi connectivity index (χ4n) is 13.8. The number of aliphatic hydroxyl groups excluding tert-OH is 1. The molecular weight excluding hydrogens is 642 g/mol. The largest absolute Gasteiger partial charge is 0.481 e. The Balaban J connectivity index is 1.28. The number of esters is 1. The minimum absolute atomic E-state index is 0.00503. The number of allylic oxidation sites excluding steroid dienone is 1. The number of nitrogens with zero attached hydrogens (tertiary/aromatic N) is 1. The third-order valence-corrected chi connectivity index (χ3v) is 16.4. The zero-order valence-corrected chi connectivity index (χ0v) is 33.7. The van der Waals surface area contributed by atoms with Crippen LogP contribution in [0.5, 0.6) is 0 Å². The Morgan fingerprint density at radius 1 is 0.922 bits per heavy atom. The van der Waals surface area contributed by atoms with Gasteiger partial charge in [0.2, 0.25) is 0 Å².